The summed E-state index contributed by atoms with van der Waals surface area (Å²) in [7, 11) is 1.51. The molecule has 2 aliphatic heterocycles. The molecule has 0 saturated carbocycles. The van der Waals surface area contributed by atoms with Crippen molar-refractivity contribution in [3.8, 4) is 12.1 Å². The van der Waals surface area contributed by atoms with Crippen LogP contribution in [0.25, 0.3) is 0 Å². The molecule has 0 aliphatic carbocycles. The van der Waals surface area contributed by atoms with Crippen LogP contribution >= 0.6 is 12.6 Å². The zero-order chi connectivity index (χ0) is 17.2. The lowest BCUT2D eigenvalue weighted by Crippen LogP contribution is -2.53. The maximum atomic E-state index is 12.4. The minimum atomic E-state index is -0.942. The maximum absolute atomic E-state index is 12.4. The van der Waals surface area contributed by atoms with Gasteiger partial charge in [0, 0.05) is 25.6 Å². The van der Waals surface area contributed by atoms with Crippen LogP contribution in [0.4, 0.5) is 4.79 Å². The Morgan fingerprint density at radius 2 is 2.04 bits per heavy atom. The molecule has 0 aromatic carbocycles. The number of nitrogens with zero attached hydrogens (tertiary/aromatic N) is 4. The Kier molecular flexibility index (Phi) is 4.86. The van der Waals surface area contributed by atoms with Crippen LogP contribution < -0.4 is 0 Å². The molecule has 1 spiro atoms. The second-order valence-corrected chi connectivity index (χ2v) is 6.04. The van der Waals surface area contributed by atoms with Crippen molar-refractivity contribution in [2.24, 2.45) is 11.3 Å². The summed E-state index contributed by atoms with van der Waals surface area (Å²) in [5.74, 6) is -1.30. The van der Waals surface area contributed by atoms with Gasteiger partial charge in [0.2, 0.25) is 5.91 Å². The summed E-state index contributed by atoms with van der Waals surface area (Å²) < 4.78 is 4.98. The van der Waals surface area contributed by atoms with Gasteiger partial charge in [0.1, 0.15) is 5.92 Å². The fraction of sp³-hybridized carbons (Fsp3) is 0.600. The van der Waals surface area contributed by atoms with Crippen molar-refractivity contribution in [2.45, 2.75) is 19.8 Å². The number of ether oxygens (including phenoxy) is 1. The number of carbonyl (C=O) groups excluding carboxylic acids is 2. The SMILES string of the molecule is CCOC(=O)N1CCC2(CC1)C(C#N)=C(S)N(C)C(=O)[C@H]2C#N. The molecule has 0 aromatic heterocycles. The van der Waals surface area contributed by atoms with E-state index in [1.165, 1.54) is 11.9 Å². The summed E-state index contributed by atoms with van der Waals surface area (Å²) in [6.45, 7) is 2.68. The monoisotopic (exact) mass is 334 g/mol. The third-order valence-corrected chi connectivity index (χ3v) is 5.12. The molecule has 1 fully saturated rings. The predicted octanol–water partition coefficient (Wildman–Crippen LogP) is 1.50. The average Bonchev–Trinajstić information content (AvgIpc) is 2.55. The van der Waals surface area contributed by atoms with Crippen LogP contribution in [0.15, 0.2) is 10.6 Å². The fourth-order valence-electron chi connectivity index (χ4n) is 3.25. The third kappa shape index (κ3) is 2.64. The van der Waals surface area contributed by atoms with Crippen LogP contribution in [0.2, 0.25) is 0 Å². The minimum absolute atomic E-state index is 0.286. The van der Waals surface area contributed by atoms with Crippen molar-refractivity contribution in [3.63, 3.8) is 0 Å². The molecule has 0 N–H and O–H groups in total. The highest BCUT2D eigenvalue weighted by Crippen LogP contribution is 2.50. The number of nitriles is 2. The summed E-state index contributed by atoms with van der Waals surface area (Å²) in [5, 5.41) is 19.3. The van der Waals surface area contributed by atoms with Gasteiger partial charge in [0.15, 0.2) is 0 Å². The van der Waals surface area contributed by atoms with Crippen molar-refractivity contribution in [1.29, 1.82) is 10.5 Å². The highest BCUT2D eigenvalue weighted by molar-refractivity contribution is 7.84. The quantitative estimate of drug-likeness (QED) is 0.733. The lowest BCUT2D eigenvalue weighted by molar-refractivity contribution is -0.135. The van der Waals surface area contributed by atoms with E-state index in [0.29, 0.717) is 31.5 Å². The topological polar surface area (TPSA) is 97.4 Å². The van der Waals surface area contributed by atoms with Gasteiger partial charge in [0.05, 0.1) is 29.3 Å². The van der Waals surface area contributed by atoms with Crippen molar-refractivity contribution >= 4 is 24.6 Å². The molecule has 1 saturated heterocycles. The Labute approximate surface area is 140 Å². The first-order valence-corrected chi connectivity index (χ1v) is 7.80. The van der Waals surface area contributed by atoms with E-state index in [-0.39, 0.29) is 17.5 Å². The van der Waals surface area contributed by atoms with Crippen LogP contribution in [-0.4, -0.2) is 48.5 Å². The van der Waals surface area contributed by atoms with Gasteiger partial charge in [-0.15, -0.1) is 12.6 Å². The average molecular weight is 334 g/mol. The lowest BCUT2D eigenvalue weighted by Gasteiger charge is -2.47. The van der Waals surface area contributed by atoms with Crippen molar-refractivity contribution < 1.29 is 14.3 Å². The molecule has 0 bridgehead atoms. The molecule has 2 heterocycles. The van der Waals surface area contributed by atoms with E-state index < -0.39 is 17.4 Å². The van der Waals surface area contributed by atoms with Crippen LogP contribution in [0, 0.1) is 34.0 Å². The van der Waals surface area contributed by atoms with E-state index in [9.17, 15) is 20.1 Å². The Morgan fingerprint density at radius 1 is 1.43 bits per heavy atom. The van der Waals surface area contributed by atoms with Gasteiger partial charge in [-0.1, -0.05) is 0 Å². The van der Waals surface area contributed by atoms with Crippen LogP contribution in [-0.2, 0) is 9.53 Å². The Morgan fingerprint density at radius 3 is 2.52 bits per heavy atom. The first-order chi connectivity index (χ1) is 10.9. The zero-order valence-electron chi connectivity index (χ0n) is 13.1. The van der Waals surface area contributed by atoms with Gasteiger partial charge in [-0.2, -0.15) is 10.5 Å². The zero-order valence-corrected chi connectivity index (χ0v) is 14.0. The molecular weight excluding hydrogens is 316 g/mol. The highest BCUT2D eigenvalue weighted by atomic mass is 32.1. The fourth-order valence-corrected chi connectivity index (χ4v) is 3.62. The molecule has 0 unspecified atom stereocenters. The summed E-state index contributed by atoms with van der Waals surface area (Å²) in [4.78, 5) is 27.0. The van der Waals surface area contributed by atoms with Crippen LogP contribution in [0.5, 0.6) is 0 Å². The summed E-state index contributed by atoms with van der Waals surface area (Å²) >= 11 is 4.30. The largest absolute Gasteiger partial charge is 0.450 e. The van der Waals surface area contributed by atoms with E-state index in [4.69, 9.17) is 4.74 Å². The Hall–Kier alpha value is -2.19. The van der Waals surface area contributed by atoms with Crippen LogP contribution in [0.3, 0.4) is 0 Å². The molecule has 2 aliphatic rings. The molecule has 1 atom stereocenters. The number of rotatable bonds is 1. The molecule has 0 aromatic rings. The van der Waals surface area contributed by atoms with Gasteiger partial charge in [-0.3, -0.25) is 4.79 Å². The number of thiol groups is 1. The molecule has 0 radical (unpaired) electrons. The smallest absolute Gasteiger partial charge is 0.409 e. The highest BCUT2D eigenvalue weighted by Gasteiger charge is 2.54. The number of piperidine rings is 1. The van der Waals surface area contributed by atoms with Gasteiger partial charge >= 0.3 is 6.09 Å². The molecule has 122 valence electrons. The van der Waals surface area contributed by atoms with Crippen molar-refractivity contribution in [1.82, 2.24) is 9.80 Å². The number of amides is 2. The number of hydrogen-bond donors (Lipinski definition) is 1. The number of likely N-dealkylation sites (tertiary alicyclic amines) is 1. The van der Waals surface area contributed by atoms with Gasteiger partial charge in [-0.25, -0.2) is 4.79 Å². The number of hydrogen-bond acceptors (Lipinski definition) is 6. The lowest BCUT2D eigenvalue weighted by atomic mass is 9.63. The third-order valence-electron chi connectivity index (χ3n) is 4.59. The number of allylic oxidation sites excluding steroid dienone is 1. The molecule has 8 heteroatoms. The molecule has 7 nitrogen and oxygen atoms in total. The van der Waals surface area contributed by atoms with Crippen molar-refractivity contribution in [2.75, 3.05) is 26.7 Å². The van der Waals surface area contributed by atoms with Crippen molar-refractivity contribution in [3.05, 3.63) is 10.6 Å². The van der Waals surface area contributed by atoms with E-state index in [1.807, 2.05) is 0 Å². The molecular formula is C15H18N4O3S. The second kappa shape index (κ2) is 6.51. The standard InChI is InChI=1S/C15H18N4O3S/c1-3-22-14(21)19-6-4-15(5-7-19)10(8-16)12(20)18(2)13(23)11(15)9-17/h10,23H,3-7H2,1-2H3/t10-/m1/s1. The van der Waals surface area contributed by atoms with E-state index in [0.717, 1.165) is 0 Å². The summed E-state index contributed by atoms with van der Waals surface area (Å²) in [6.07, 6.45) is 0.302. The number of carbonyl (C=O) groups is 2. The van der Waals surface area contributed by atoms with Gasteiger partial charge in [-0.05, 0) is 19.8 Å². The first-order valence-electron chi connectivity index (χ1n) is 7.35. The minimum Gasteiger partial charge on any atom is -0.450 e. The van der Waals surface area contributed by atoms with Gasteiger partial charge in [0.25, 0.3) is 0 Å². The van der Waals surface area contributed by atoms with Crippen LogP contribution in [0.1, 0.15) is 19.8 Å². The summed E-state index contributed by atoms with van der Waals surface area (Å²) in [6, 6.07) is 4.18. The second-order valence-electron chi connectivity index (χ2n) is 5.61. The van der Waals surface area contributed by atoms with E-state index in [2.05, 4.69) is 24.8 Å². The first kappa shape index (κ1) is 17.2. The van der Waals surface area contributed by atoms with E-state index in [1.54, 1.807) is 11.8 Å². The predicted molar refractivity (Wildman–Crippen MR) is 83.8 cm³/mol. The Bertz CT molecular complexity index is 638. The van der Waals surface area contributed by atoms with Gasteiger partial charge < -0.3 is 14.5 Å². The molecule has 2 amide bonds. The Balaban J connectivity index is 2.36. The van der Waals surface area contributed by atoms with E-state index >= 15 is 0 Å². The summed E-state index contributed by atoms with van der Waals surface area (Å²) in [5.41, 5.74) is -0.536. The molecule has 23 heavy (non-hydrogen) atoms. The normalized spacial score (nSPS) is 23.5. The molecule has 2 rings (SSSR count). The maximum Gasteiger partial charge on any atom is 0.409 e.